The number of phenolic OH excluding ortho intramolecular Hbond substituents is 1. The van der Waals surface area contributed by atoms with Crippen molar-refractivity contribution in [1.29, 1.82) is 0 Å². The number of nitrogens with one attached hydrogen (secondary N) is 2. The number of aliphatic hydroxyl groups is 1. The maximum absolute atomic E-state index is 14.8. The summed E-state index contributed by atoms with van der Waals surface area (Å²) in [5.74, 6) is -3.44. The van der Waals surface area contributed by atoms with Crippen LogP contribution in [0.2, 0.25) is 0 Å². The fraction of sp³-hybridized carbons (Fsp3) is 0.590. The minimum absolute atomic E-state index is 0.00283. The number of carbonyl (C=O) groups excluding carboxylic acids is 6. The van der Waals surface area contributed by atoms with Crippen LogP contribution in [0.15, 0.2) is 54.6 Å². The van der Waals surface area contributed by atoms with Crippen molar-refractivity contribution in [2.45, 2.75) is 175 Å². The highest BCUT2D eigenvalue weighted by Crippen LogP contribution is 2.40. The number of hydrogen-bond acceptors (Lipinski definition) is 17. The molecule has 0 aliphatic carbocycles. The van der Waals surface area contributed by atoms with Crippen LogP contribution >= 0.6 is 0 Å². The lowest BCUT2D eigenvalue weighted by molar-refractivity contribution is -0.146. The van der Waals surface area contributed by atoms with Gasteiger partial charge in [0.2, 0.25) is 17.2 Å². The van der Waals surface area contributed by atoms with Crippen LogP contribution in [0.1, 0.15) is 160 Å². The van der Waals surface area contributed by atoms with Gasteiger partial charge < -0.3 is 72.9 Å². The number of ketones is 2. The summed E-state index contributed by atoms with van der Waals surface area (Å²) in [6, 6.07) is 1.69. The molecule has 0 aliphatic rings. The van der Waals surface area contributed by atoms with Crippen LogP contribution in [0, 0.1) is 11.8 Å². The van der Waals surface area contributed by atoms with E-state index in [0.29, 0.717) is 81.1 Å². The summed E-state index contributed by atoms with van der Waals surface area (Å²) in [6.45, 7) is 10.3. The lowest BCUT2D eigenvalue weighted by Crippen LogP contribution is -2.44. The third-order valence-electron chi connectivity index (χ3n) is 14.1. The van der Waals surface area contributed by atoms with Gasteiger partial charge in [-0.1, -0.05) is 55.9 Å². The normalized spacial score (nSPS) is 12.5. The van der Waals surface area contributed by atoms with Crippen LogP contribution in [0.25, 0.3) is 21.9 Å². The number of aliphatic imine (C=N–C) groups is 2. The van der Waals surface area contributed by atoms with E-state index in [0.717, 1.165) is 24.0 Å². The fourth-order valence-electron chi connectivity index (χ4n) is 9.61. The molecule has 23 nitrogen and oxygen atoms in total. The number of amides is 2. The average Bonchev–Trinajstić information content (AvgIpc) is 1.23. The van der Waals surface area contributed by atoms with Gasteiger partial charge in [0.15, 0.2) is 11.9 Å². The molecule has 0 saturated heterocycles. The quantitative estimate of drug-likeness (QED) is 0.00618. The molecule has 466 valence electrons. The topological polar surface area (TPSA) is 389 Å². The van der Waals surface area contributed by atoms with Crippen molar-refractivity contribution in [3.63, 3.8) is 0 Å². The van der Waals surface area contributed by atoms with Crippen molar-refractivity contribution in [1.82, 2.24) is 10.6 Å². The Morgan fingerprint density at radius 3 is 1.71 bits per heavy atom. The van der Waals surface area contributed by atoms with E-state index in [1.54, 1.807) is 0 Å². The summed E-state index contributed by atoms with van der Waals surface area (Å²) in [5, 5.41) is 28.7. The molecule has 0 aliphatic heterocycles. The number of esters is 1. The molecule has 3 rings (SSSR count). The maximum atomic E-state index is 14.8. The number of benzene rings is 2. The van der Waals surface area contributed by atoms with Gasteiger partial charge >= 0.3 is 5.97 Å². The number of aliphatic hydroxyl groups excluding tert-OH is 1. The van der Waals surface area contributed by atoms with Gasteiger partial charge in [0.1, 0.15) is 58.0 Å². The maximum Gasteiger partial charge on any atom is 0.328 e. The van der Waals surface area contributed by atoms with Crippen LogP contribution < -0.4 is 54.2 Å². The molecule has 84 heavy (non-hydrogen) atoms. The van der Waals surface area contributed by atoms with Crippen molar-refractivity contribution in [3.05, 3.63) is 62.3 Å². The average molecular weight is 1180 g/mol. The third-order valence-corrected chi connectivity index (χ3v) is 14.1. The lowest BCUT2D eigenvalue weighted by atomic mass is 9.93. The molecule has 0 spiro atoms. The van der Waals surface area contributed by atoms with Gasteiger partial charge in [0.05, 0.1) is 38.4 Å². The monoisotopic (exact) mass is 1180 g/mol. The van der Waals surface area contributed by atoms with Crippen molar-refractivity contribution < 1.29 is 62.3 Å². The highest BCUT2D eigenvalue weighted by atomic mass is 16.5. The summed E-state index contributed by atoms with van der Waals surface area (Å²) in [4.78, 5) is 101. The van der Waals surface area contributed by atoms with Gasteiger partial charge in [-0.05, 0) is 110 Å². The van der Waals surface area contributed by atoms with Crippen LogP contribution in [0.4, 0.5) is 0 Å². The standard InChI is InChI=1S/C61H93N9O14/c1-7-8-9-21-48(59(79)80-6)70-58(78)41(17-13-28-68-61(65)66)32-44(74)19-14-29-82-49-33-52-54(55(75)46(49)25-23-39(4)5)56(76)53-45(24-22-38(2)3)47(35-71)50(34-51(53)84-52)83-30-15-20-43(73)31-40(16-12-27-67-60(63)64)57(77)69-42(36-81-37-72)18-10-11-26-62/h22-23,33-34,37,40-42,48,71,75H,7-21,24-32,35-36,62H2,1-6H3,(H,69,77)(H,70,78)(H4,63,64,67)(H4,65,66,68)/t40-,41-,42+,48+/m0/s1. The number of phenols is 1. The highest BCUT2D eigenvalue weighted by molar-refractivity contribution is 5.97. The largest absolute Gasteiger partial charge is 0.507 e. The number of aromatic hydroxyl groups is 1. The van der Waals surface area contributed by atoms with E-state index in [1.165, 1.54) is 19.2 Å². The van der Waals surface area contributed by atoms with Gasteiger partial charge in [-0.25, -0.2) is 4.79 Å². The summed E-state index contributed by atoms with van der Waals surface area (Å²) in [7, 11) is 1.26. The highest BCUT2D eigenvalue weighted by Gasteiger charge is 2.29. The first kappa shape index (κ1) is 70.7. The van der Waals surface area contributed by atoms with Gasteiger partial charge in [-0.15, -0.1) is 0 Å². The Balaban J connectivity index is 1.94. The molecule has 2 aromatic carbocycles. The lowest BCUT2D eigenvalue weighted by Gasteiger charge is -2.22. The minimum Gasteiger partial charge on any atom is -0.507 e. The molecule has 0 unspecified atom stereocenters. The number of Topliss-reactive ketones (excluding diaryl/α,β-unsaturated/α-hetero) is 2. The van der Waals surface area contributed by atoms with E-state index in [-0.39, 0.29) is 159 Å². The predicted octanol–water partition coefficient (Wildman–Crippen LogP) is 5.76. The number of allylic oxidation sites excluding steroid dienone is 4. The molecular formula is C61H93N9O14. The first-order chi connectivity index (χ1) is 40.2. The number of ether oxygens (including phenoxy) is 4. The SMILES string of the molecule is CCCCC[C@@H](NC(=O)[C@@H](CCCN=C(N)N)CC(=O)CCCOc1cc2oc3cc(OCCCC(=O)C[C@H](CCCN=C(N)N)C(=O)N[C@H](CCCCN)COC=O)c(CO)c(CC=C(C)C)c3c(=O)c2c(O)c1CC=C(C)C)C(=O)OC. The summed E-state index contributed by atoms with van der Waals surface area (Å²) >= 11 is 0. The Morgan fingerprint density at radius 1 is 0.690 bits per heavy atom. The van der Waals surface area contributed by atoms with Crippen LogP contribution in [-0.4, -0.2) is 117 Å². The number of fused-ring (bicyclic) bond motifs is 2. The van der Waals surface area contributed by atoms with E-state index in [1.807, 2.05) is 46.8 Å². The minimum atomic E-state index is -0.864. The van der Waals surface area contributed by atoms with E-state index < -0.39 is 47.8 Å². The smallest absolute Gasteiger partial charge is 0.328 e. The van der Waals surface area contributed by atoms with Gasteiger partial charge in [0, 0.05) is 73.9 Å². The number of hydrogen-bond donors (Lipinski definition) is 9. The molecule has 0 radical (unpaired) electrons. The zero-order valence-corrected chi connectivity index (χ0v) is 50.2. The Hall–Kier alpha value is -7.53. The van der Waals surface area contributed by atoms with Crippen LogP contribution in [0.3, 0.4) is 0 Å². The third kappa shape index (κ3) is 24.4. The zero-order chi connectivity index (χ0) is 62.1. The van der Waals surface area contributed by atoms with Gasteiger partial charge in [0.25, 0.3) is 6.47 Å². The number of methoxy groups -OCH3 is 1. The number of guanidine groups is 2. The molecule has 3 aromatic rings. The molecule has 1 aromatic heterocycles. The molecule has 0 bridgehead atoms. The molecule has 0 saturated carbocycles. The van der Waals surface area contributed by atoms with Crippen molar-refractivity contribution >= 4 is 69.7 Å². The van der Waals surface area contributed by atoms with E-state index in [4.69, 9.17) is 52.0 Å². The Morgan fingerprint density at radius 2 is 1.21 bits per heavy atom. The number of carbonyl (C=O) groups is 6. The molecule has 23 heteroatoms. The zero-order valence-electron chi connectivity index (χ0n) is 50.2. The van der Waals surface area contributed by atoms with Crippen LogP contribution in [-0.2, 0) is 57.7 Å². The first-order valence-electron chi connectivity index (χ1n) is 29.2. The van der Waals surface area contributed by atoms with E-state index in [2.05, 4.69) is 20.6 Å². The molecule has 2 amide bonds. The second-order valence-corrected chi connectivity index (χ2v) is 21.5. The number of nitrogens with zero attached hydrogens (tertiary/aromatic N) is 2. The molecule has 4 atom stereocenters. The fourth-order valence-corrected chi connectivity index (χ4v) is 9.61. The Labute approximate surface area is 493 Å². The molecule has 0 fully saturated rings. The van der Waals surface area contributed by atoms with E-state index >= 15 is 0 Å². The Kier molecular flexibility index (Phi) is 32.3. The second kappa shape index (κ2) is 38.3. The molecule has 1 heterocycles. The first-order valence-corrected chi connectivity index (χ1v) is 29.2. The number of nitrogens with two attached hydrogens (primary N) is 5. The van der Waals surface area contributed by atoms with E-state index in [9.17, 15) is 43.8 Å². The van der Waals surface area contributed by atoms with Gasteiger partial charge in [-0.3, -0.25) is 38.8 Å². The molecular weight excluding hydrogens is 1080 g/mol. The van der Waals surface area contributed by atoms with Crippen molar-refractivity contribution in [2.24, 2.45) is 50.5 Å². The number of unbranched alkanes of at least 4 members (excludes halogenated alkanes) is 3. The van der Waals surface area contributed by atoms with Crippen molar-refractivity contribution in [2.75, 3.05) is 46.6 Å². The summed E-state index contributed by atoms with van der Waals surface area (Å²) in [5.41, 5.74) is 30.2. The summed E-state index contributed by atoms with van der Waals surface area (Å²) < 4.78 is 29.0. The van der Waals surface area contributed by atoms with Gasteiger partial charge in [-0.2, -0.15) is 0 Å². The number of rotatable bonds is 43. The molecule has 14 N–H and O–H groups in total. The van der Waals surface area contributed by atoms with Crippen LogP contribution in [0.5, 0.6) is 17.2 Å². The van der Waals surface area contributed by atoms with Crippen molar-refractivity contribution in [3.8, 4) is 17.2 Å². The second-order valence-electron chi connectivity index (χ2n) is 21.5. The summed E-state index contributed by atoms with van der Waals surface area (Å²) in [6.07, 6.45) is 10.7. The predicted molar refractivity (Wildman–Crippen MR) is 324 cm³/mol. The Bertz CT molecular complexity index is 2830.